The van der Waals surface area contributed by atoms with Crippen molar-refractivity contribution < 1.29 is 14.6 Å². The molecular formula is C20H25N3O5S. The van der Waals surface area contributed by atoms with Crippen molar-refractivity contribution in [1.29, 1.82) is 0 Å². The summed E-state index contributed by atoms with van der Waals surface area (Å²) < 4.78 is 7.11. The van der Waals surface area contributed by atoms with Crippen LogP contribution in [0.15, 0.2) is 14.6 Å². The molecule has 2 aromatic rings. The minimum atomic E-state index is -0.653. The number of esters is 1. The molecular weight excluding hydrogens is 394 g/mol. The van der Waals surface area contributed by atoms with Crippen LogP contribution in [0, 0.1) is 5.92 Å². The van der Waals surface area contributed by atoms with Crippen LogP contribution in [-0.2, 0) is 31.7 Å². The van der Waals surface area contributed by atoms with Crippen LogP contribution in [0.1, 0.15) is 53.1 Å². The molecule has 1 aliphatic carbocycles. The molecule has 0 fully saturated rings. The number of rotatable bonds is 5. The van der Waals surface area contributed by atoms with Gasteiger partial charge in [0, 0.05) is 25.2 Å². The minimum absolute atomic E-state index is 0.109. The van der Waals surface area contributed by atoms with Crippen molar-refractivity contribution in [2.45, 2.75) is 39.5 Å². The van der Waals surface area contributed by atoms with E-state index in [9.17, 15) is 19.5 Å². The Morgan fingerprint density at radius 2 is 2.03 bits per heavy atom. The molecule has 1 N–H and O–H groups in total. The first-order chi connectivity index (χ1) is 13.8. The van der Waals surface area contributed by atoms with Crippen molar-refractivity contribution in [3.63, 3.8) is 0 Å². The van der Waals surface area contributed by atoms with E-state index in [1.54, 1.807) is 6.92 Å². The zero-order valence-electron chi connectivity index (χ0n) is 17.0. The predicted octanol–water partition coefficient (Wildman–Crippen LogP) is 2.29. The number of hydrogen-bond acceptors (Lipinski definition) is 7. The summed E-state index contributed by atoms with van der Waals surface area (Å²) in [6, 6.07) is 0. The lowest BCUT2D eigenvalue weighted by atomic mass is 9.86. The third kappa shape index (κ3) is 3.78. The number of thiophene rings is 1. The monoisotopic (exact) mass is 419 g/mol. The van der Waals surface area contributed by atoms with E-state index >= 15 is 0 Å². The average Bonchev–Trinajstić information content (AvgIpc) is 3.08. The molecule has 0 bridgehead atoms. The van der Waals surface area contributed by atoms with Gasteiger partial charge in [0.2, 0.25) is 5.88 Å². The summed E-state index contributed by atoms with van der Waals surface area (Å²) in [6.45, 7) is 4.16. The second-order valence-electron chi connectivity index (χ2n) is 7.12. The molecule has 9 heteroatoms. The molecule has 0 amide bonds. The van der Waals surface area contributed by atoms with E-state index in [1.165, 1.54) is 31.6 Å². The number of ether oxygens (including phenoxy) is 1. The van der Waals surface area contributed by atoms with E-state index in [1.807, 2.05) is 0 Å². The number of fused-ring (bicyclic) bond motifs is 1. The summed E-state index contributed by atoms with van der Waals surface area (Å²) in [5.41, 5.74) is 0.0253. The Bertz CT molecular complexity index is 1090. The summed E-state index contributed by atoms with van der Waals surface area (Å²) in [5.74, 6) is -0.315. The first-order valence-electron chi connectivity index (χ1n) is 9.64. The lowest BCUT2D eigenvalue weighted by molar-refractivity contribution is 0.0526. The van der Waals surface area contributed by atoms with E-state index in [-0.39, 0.29) is 12.2 Å². The Balaban J connectivity index is 2.11. The zero-order chi connectivity index (χ0) is 21.3. The Kier molecular flexibility index (Phi) is 6.07. The predicted molar refractivity (Wildman–Crippen MR) is 112 cm³/mol. The summed E-state index contributed by atoms with van der Waals surface area (Å²) in [6.07, 6.45) is 4.99. The van der Waals surface area contributed by atoms with Gasteiger partial charge in [0.1, 0.15) is 10.6 Å². The number of aromatic hydroxyl groups is 1. The van der Waals surface area contributed by atoms with Gasteiger partial charge >= 0.3 is 11.7 Å². The molecule has 1 atom stereocenters. The van der Waals surface area contributed by atoms with Gasteiger partial charge in [0.25, 0.3) is 5.56 Å². The zero-order valence-corrected chi connectivity index (χ0v) is 17.8. The van der Waals surface area contributed by atoms with Crippen molar-refractivity contribution in [1.82, 2.24) is 9.13 Å². The first kappa shape index (κ1) is 21.0. The third-order valence-electron chi connectivity index (χ3n) is 5.38. The number of hydrogen-bond donors (Lipinski definition) is 1. The van der Waals surface area contributed by atoms with Gasteiger partial charge in [-0.2, -0.15) is 0 Å². The normalized spacial score (nSPS) is 16.2. The lowest BCUT2D eigenvalue weighted by Crippen LogP contribution is -2.38. The third-order valence-corrected chi connectivity index (χ3v) is 6.55. The molecule has 2 aromatic heterocycles. The maximum atomic E-state index is 12.6. The van der Waals surface area contributed by atoms with E-state index in [4.69, 9.17) is 4.74 Å². The van der Waals surface area contributed by atoms with E-state index in [0.29, 0.717) is 16.5 Å². The van der Waals surface area contributed by atoms with Gasteiger partial charge in [-0.1, -0.05) is 13.3 Å². The quantitative estimate of drug-likeness (QED) is 0.592. The SMILES string of the molecule is CCOC(=O)c1c(/N=C/c2c(O)n(C)c(=O)n(C)c2=O)sc2c1CC[C@H](CC)C2. The van der Waals surface area contributed by atoms with Crippen molar-refractivity contribution >= 4 is 28.5 Å². The van der Waals surface area contributed by atoms with Gasteiger partial charge < -0.3 is 9.84 Å². The Morgan fingerprint density at radius 3 is 2.69 bits per heavy atom. The van der Waals surface area contributed by atoms with E-state index in [0.717, 1.165) is 45.3 Å². The van der Waals surface area contributed by atoms with Crippen LogP contribution < -0.4 is 11.2 Å². The topological polar surface area (TPSA) is 103 Å². The van der Waals surface area contributed by atoms with Gasteiger partial charge in [0.05, 0.1) is 12.2 Å². The summed E-state index contributed by atoms with van der Waals surface area (Å²) in [7, 11) is 2.70. The molecule has 0 radical (unpaired) electrons. The van der Waals surface area contributed by atoms with E-state index in [2.05, 4.69) is 11.9 Å². The number of nitrogens with zero attached hydrogens (tertiary/aromatic N) is 3. The lowest BCUT2D eigenvalue weighted by Gasteiger charge is -2.20. The van der Waals surface area contributed by atoms with Crippen LogP contribution in [0.25, 0.3) is 0 Å². The van der Waals surface area contributed by atoms with Crippen molar-refractivity contribution in [2.75, 3.05) is 6.61 Å². The molecule has 0 spiro atoms. The molecule has 2 heterocycles. The van der Waals surface area contributed by atoms with Crippen LogP contribution in [0.3, 0.4) is 0 Å². The average molecular weight is 420 g/mol. The van der Waals surface area contributed by atoms with Gasteiger partial charge in [0.15, 0.2) is 0 Å². The standard InChI is InChI=1S/C20H25N3O5S/c1-5-11-7-8-12-14(9-11)29-16(15(12)19(26)28-6-2)21-10-13-17(24)22(3)20(27)23(4)18(13)25/h10-11,24H,5-9H2,1-4H3/b21-10+/t11-/m0/s1. The van der Waals surface area contributed by atoms with Gasteiger partial charge in [-0.15, -0.1) is 11.3 Å². The Labute approximate surface area is 172 Å². The molecule has 0 saturated heterocycles. The summed E-state index contributed by atoms with van der Waals surface area (Å²) in [5, 5.41) is 10.7. The van der Waals surface area contributed by atoms with Crippen LogP contribution >= 0.6 is 11.3 Å². The second kappa shape index (κ2) is 8.36. The maximum Gasteiger partial charge on any atom is 0.341 e. The molecule has 1 aliphatic rings. The van der Waals surface area contributed by atoms with Crippen molar-refractivity contribution in [3.05, 3.63) is 42.4 Å². The smallest absolute Gasteiger partial charge is 0.341 e. The molecule has 0 aliphatic heterocycles. The Hall–Kier alpha value is -2.68. The van der Waals surface area contributed by atoms with Gasteiger partial charge in [-0.3, -0.25) is 13.9 Å². The molecule has 0 saturated carbocycles. The fraction of sp³-hybridized carbons (Fsp3) is 0.500. The number of carbonyl (C=O) groups is 1. The highest BCUT2D eigenvalue weighted by Crippen LogP contribution is 2.42. The fourth-order valence-corrected chi connectivity index (χ4v) is 4.88. The second-order valence-corrected chi connectivity index (χ2v) is 8.21. The number of aromatic nitrogens is 2. The first-order valence-corrected chi connectivity index (χ1v) is 10.5. The molecule has 3 rings (SSSR count). The number of carbonyl (C=O) groups excluding carboxylic acids is 1. The highest BCUT2D eigenvalue weighted by molar-refractivity contribution is 7.16. The highest BCUT2D eigenvalue weighted by Gasteiger charge is 2.29. The van der Waals surface area contributed by atoms with Gasteiger partial charge in [-0.25, -0.2) is 14.6 Å². The largest absolute Gasteiger partial charge is 0.494 e. The molecule has 0 aromatic carbocycles. The molecule has 8 nitrogen and oxygen atoms in total. The molecule has 0 unspecified atom stereocenters. The maximum absolute atomic E-state index is 12.6. The highest BCUT2D eigenvalue weighted by atomic mass is 32.1. The van der Waals surface area contributed by atoms with Crippen LogP contribution in [0.5, 0.6) is 5.88 Å². The van der Waals surface area contributed by atoms with Crippen LogP contribution in [0.4, 0.5) is 5.00 Å². The van der Waals surface area contributed by atoms with Crippen LogP contribution in [0.2, 0.25) is 0 Å². The van der Waals surface area contributed by atoms with Crippen molar-refractivity contribution in [2.24, 2.45) is 25.0 Å². The summed E-state index contributed by atoms with van der Waals surface area (Å²) >= 11 is 1.42. The van der Waals surface area contributed by atoms with Crippen LogP contribution in [-0.4, -0.2) is 33.0 Å². The van der Waals surface area contributed by atoms with Gasteiger partial charge in [-0.05, 0) is 37.7 Å². The van der Waals surface area contributed by atoms with Crippen molar-refractivity contribution in [3.8, 4) is 5.88 Å². The number of aliphatic imine (C=N–C) groups is 1. The molecule has 156 valence electrons. The minimum Gasteiger partial charge on any atom is -0.494 e. The Morgan fingerprint density at radius 1 is 1.31 bits per heavy atom. The summed E-state index contributed by atoms with van der Waals surface area (Å²) in [4.78, 5) is 42.4. The fourth-order valence-electron chi connectivity index (χ4n) is 3.59. The molecule has 29 heavy (non-hydrogen) atoms. The van der Waals surface area contributed by atoms with E-state index < -0.39 is 23.1 Å².